The molecule has 0 spiro atoms. The van der Waals surface area contributed by atoms with Crippen molar-refractivity contribution in [3.05, 3.63) is 36.6 Å². The molecule has 0 aromatic heterocycles. The molecule has 122 valence electrons. The zero-order valence-corrected chi connectivity index (χ0v) is 15.1. The van der Waals surface area contributed by atoms with Crippen LogP contribution in [0.1, 0.15) is 60.3 Å². The molecule has 1 heteroatoms. The summed E-state index contributed by atoms with van der Waals surface area (Å²) in [6, 6.07) is 0. The minimum absolute atomic E-state index is 0.519. The minimum Gasteiger partial charge on any atom is -0.497 e. The second kappa shape index (κ2) is 10.7. The second-order valence-electron chi connectivity index (χ2n) is 6.98. The number of methoxy groups -OCH3 is 1. The van der Waals surface area contributed by atoms with Crippen LogP contribution in [0.2, 0.25) is 0 Å². The van der Waals surface area contributed by atoms with Gasteiger partial charge < -0.3 is 4.74 Å². The van der Waals surface area contributed by atoms with Crippen molar-refractivity contribution in [3.63, 3.8) is 0 Å². The number of ether oxygens (including phenoxy) is 1. The Hall–Kier alpha value is -0.980. The molecule has 3 unspecified atom stereocenters. The molecule has 0 saturated heterocycles. The van der Waals surface area contributed by atoms with Crippen molar-refractivity contribution in [2.24, 2.45) is 23.7 Å². The lowest BCUT2D eigenvalue weighted by Crippen LogP contribution is -2.11. The largest absolute Gasteiger partial charge is 0.497 e. The van der Waals surface area contributed by atoms with E-state index in [4.69, 9.17) is 4.74 Å². The van der Waals surface area contributed by atoms with Crippen LogP contribution in [0.25, 0.3) is 0 Å². The van der Waals surface area contributed by atoms with E-state index < -0.39 is 0 Å². The van der Waals surface area contributed by atoms with Crippen LogP contribution in [0.5, 0.6) is 0 Å². The van der Waals surface area contributed by atoms with Gasteiger partial charge in [0.15, 0.2) is 0 Å². The van der Waals surface area contributed by atoms with Gasteiger partial charge in [-0.15, -0.1) is 0 Å². The third kappa shape index (κ3) is 9.55. The molecule has 0 aliphatic carbocycles. The maximum atomic E-state index is 5.03. The average Bonchev–Trinajstić information content (AvgIpc) is 2.46. The van der Waals surface area contributed by atoms with Crippen LogP contribution in [0, 0.1) is 23.7 Å². The highest BCUT2D eigenvalue weighted by Gasteiger charge is 2.14. The van der Waals surface area contributed by atoms with Gasteiger partial charge in [0.25, 0.3) is 0 Å². The summed E-state index contributed by atoms with van der Waals surface area (Å²) in [4.78, 5) is 0. The summed E-state index contributed by atoms with van der Waals surface area (Å²) < 4.78 is 5.03. The molecule has 0 heterocycles. The van der Waals surface area contributed by atoms with Gasteiger partial charge in [-0.05, 0) is 42.6 Å². The van der Waals surface area contributed by atoms with E-state index >= 15 is 0 Å². The Kier molecular flexibility index (Phi) is 10.2. The number of allylic oxidation sites excluding steroid dienone is 3. The van der Waals surface area contributed by atoms with Gasteiger partial charge in [-0.25, -0.2) is 0 Å². The molecule has 3 atom stereocenters. The first kappa shape index (κ1) is 20.0. The van der Waals surface area contributed by atoms with Crippen molar-refractivity contribution in [2.75, 3.05) is 7.11 Å². The van der Waals surface area contributed by atoms with Gasteiger partial charge in [-0.2, -0.15) is 0 Å². The van der Waals surface area contributed by atoms with E-state index in [0.717, 1.165) is 23.3 Å². The zero-order chi connectivity index (χ0) is 16.4. The lowest BCUT2D eigenvalue weighted by atomic mass is 9.83. The van der Waals surface area contributed by atoms with Crippen LogP contribution in [0.3, 0.4) is 0 Å². The lowest BCUT2D eigenvalue weighted by Gasteiger charge is -2.22. The topological polar surface area (TPSA) is 9.23 Å². The highest BCUT2D eigenvalue weighted by atomic mass is 16.5. The molecule has 0 N–H and O–H groups in total. The van der Waals surface area contributed by atoms with Gasteiger partial charge in [-0.1, -0.05) is 72.3 Å². The van der Waals surface area contributed by atoms with E-state index in [1.807, 2.05) is 12.2 Å². The maximum absolute atomic E-state index is 5.03. The van der Waals surface area contributed by atoms with E-state index in [1.165, 1.54) is 25.7 Å². The number of hydrogen-bond donors (Lipinski definition) is 0. The van der Waals surface area contributed by atoms with Gasteiger partial charge in [-0.3, -0.25) is 0 Å². The van der Waals surface area contributed by atoms with Gasteiger partial charge in [0.2, 0.25) is 0 Å². The third-order valence-electron chi connectivity index (χ3n) is 4.60. The predicted molar refractivity (Wildman–Crippen MR) is 95.2 cm³/mol. The monoisotopic (exact) mass is 292 g/mol. The highest BCUT2D eigenvalue weighted by Crippen LogP contribution is 2.27. The SMILES string of the molecule is C=C(/C=C\C(=C)C(C)CCC(C)C(C)CCC(C)C)OC. The maximum Gasteiger partial charge on any atom is 0.111 e. The van der Waals surface area contributed by atoms with Crippen LogP contribution in [0.15, 0.2) is 36.6 Å². The van der Waals surface area contributed by atoms with Crippen molar-refractivity contribution in [2.45, 2.75) is 60.3 Å². The second-order valence-corrected chi connectivity index (χ2v) is 6.98. The standard InChI is InChI=1S/C20H36O/c1-15(2)9-10-16(3)17(4)11-12-18(5)19(6)13-14-20(7)21-8/h13-18H,6-7,9-12H2,1-5,8H3/b14-13-. The molecule has 1 nitrogen and oxygen atoms in total. The van der Waals surface area contributed by atoms with Gasteiger partial charge in [0.05, 0.1) is 7.11 Å². The number of rotatable bonds is 11. The van der Waals surface area contributed by atoms with Crippen LogP contribution >= 0.6 is 0 Å². The van der Waals surface area contributed by atoms with Crippen LogP contribution < -0.4 is 0 Å². The predicted octanol–water partition coefficient (Wildman–Crippen LogP) is 6.38. The summed E-state index contributed by atoms with van der Waals surface area (Å²) in [5, 5.41) is 0. The van der Waals surface area contributed by atoms with Crippen LogP contribution in [-0.4, -0.2) is 7.11 Å². The Labute approximate surface area is 133 Å². The molecule has 0 fully saturated rings. The molecule has 0 radical (unpaired) electrons. The summed E-state index contributed by atoms with van der Waals surface area (Å²) in [6.07, 6.45) is 9.10. The molecule has 0 aromatic carbocycles. The normalized spacial score (nSPS) is 16.0. The van der Waals surface area contributed by atoms with Crippen molar-refractivity contribution in [3.8, 4) is 0 Å². The van der Waals surface area contributed by atoms with Crippen molar-refractivity contribution < 1.29 is 4.74 Å². The molecule has 0 aromatic rings. The van der Waals surface area contributed by atoms with Gasteiger partial charge >= 0.3 is 0 Å². The summed E-state index contributed by atoms with van der Waals surface area (Å²) >= 11 is 0. The molecular weight excluding hydrogens is 256 g/mol. The first-order valence-electron chi connectivity index (χ1n) is 8.37. The smallest absolute Gasteiger partial charge is 0.111 e. The van der Waals surface area contributed by atoms with E-state index in [9.17, 15) is 0 Å². The van der Waals surface area contributed by atoms with Crippen molar-refractivity contribution >= 4 is 0 Å². The van der Waals surface area contributed by atoms with Crippen molar-refractivity contribution in [1.82, 2.24) is 0 Å². The Morgan fingerprint density at radius 3 is 1.86 bits per heavy atom. The first-order chi connectivity index (χ1) is 9.77. The Balaban J connectivity index is 4.10. The summed E-state index contributed by atoms with van der Waals surface area (Å²) in [7, 11) is 1.64. The summed E-state index contributed by atoms with van der Waals surface area (Å²) in [6.45, 7) is 19.6. The van der Waals surface area contributed by atoms with Gasteiger partial charge in [0, 0.05) is 0 Å². The third-order valence-corrected chi connectivity index (χ3v) is 4.60. The van der Waals surface area contributed by atoms with E-state index in [2.05, 4.69) is 47.8 Å². The molecule has 0 saturated carbocycles. The van der Waals surface area contributed by atoms with E-state index in [1.54, 1.807) is 7.11 Å². The lowest BCUT2D eigenvalue weighted by molar-refractivity contribution is 0.305. The Morgan fingerprint density at radius 2 is 1.38 bits per heavy atom. The fourth-order valence-electron chi connectivity index (χ4n) is 2.30. The Bertz CT molecular complexity index is 338. The number of hydrogen-bond acceptors (Lipinski definition) is 1. The van der Waals surface area contributed by atoms with Crippen LogP contribution in [0.4, 0.5) is 0 Å². The quantitative estimate of drug-likeness (QED) is 0.317. The van der Waals surface area contributed by atoms with Crippen LogP contribution in [-0.2, 0) is 4.74 Å². The fourth-order valence-corrected chi connectivity index (χ4v) is 2.30. The molecule has 21 heavy (non-hydrogen) atoms. The molecular formula is C20H36O. The van der Waals surface area contributed by atoms with Crippen molar-refractivity contribution in [1.29, 1.82) is 0 Å². The zero-order valence-electron chi connectivity index (χ0n) is 15.1. The molecule has 0 bridgehead atoms. The minimum atomic E-state index is 0.519. The molecule has 0 amide bonds. The summed E-state index contributed by atoms with van der Waals surface area (Å²) in [5.74, 6) is 3.62. The molecule has 0 aliphatic heterocycles. The molecule has 0 rings (SSSR count). The Morgan fingerprint density at radius 1 is 0.857 bits per heavy atom. The van der Waals surface area contributed by atoms with E-state index in [-0.39, 0.29) is 0 Å². The van der Waals surface area contributed by atoms with Gasteiger partial charge in [0.1, 0.15) is 5.76 Å². The average molecular weight is 293 g/mol. The first-order valence-corrected chi connectivity index (χ1v) is 8.37. The highest BCUT2D eigenvalue weighted by molar-refractivity contribution is 5.22. The fraction of sp³-hybridized carbons (Fsp3) is 0.700. The molecule has 0 aliphatic rings. The summed E-state index contributed by atoms with van der Waals surface area (Å²) in [5.41, 5.74) is 1.16. The van der Waals surface area contributed by atoms with E-state index in [0.29, 0.717) is 11.7 Å².